The molecule has 3 rings (SSSR count). The summed E-state index contributed by atoms with van der Waals surface area (Å²) in [6.45, 7) is 2.02. The van der Waals surface area contributed by atoms with Gasteiger partial charge in [-0.1, -0.05) is 6.42 Å². The van der Waals surface area contributed by atoms with Crippen LogP contribution in [-0.2, 0) is 4.79 Å². The Bertz CT molecular complexity index is 526. The van der Waals surface area contributed by atoms with E-state index >= 15 is 0 Å². The molecule has 1 aliphatic carbocycles. The molecule has 2 fully saturated rings. The number of hydrogen-bond acceptors (Lipinski definition) is 4. The highest BCUT2D eigenvalue weighted by Gasteiger charge is 2.24. The van der Waals surface area contributed by atoms with Crippen LogP contribution in [-0.4, -0.2) is 36.3 Å². The van der Waals surface area contributed by atoms with Crippen molar-refractivity contribution < 1.29 is 14.6 Å². The Kier molecular flexibility index (Phi) is 6.10. The molecule has 1 saturated carbocycles. The average molecular weight is 332 g/mol. The second-order valence-corrected chi connectivity index (χ2v) is 6.98. The fourth-order valence-electron chi connectivity index (χ4n) is 3.57. The Morgan fingerprint density at radius 3 is 2.54 bits per heavy atom. The molecule has 1 heterocycles. The molecular weight excluding hydrogens is 304 g/mol. The number of aliphatic hydroxyl groups is 1. The molecule has 0 radical (unpaired) electrons. The number of piperidine rings is 1. The molecule has 1 amide bonds. The lowest BCUT2D eigenvalue weighted by molar-refractivity contribution is -0.117. The lowest BCUT2D eigenvalue weighted by atomic mass is 9.94. The van der Waals surface area contributed by atoms with E-state index in [0.29, 0.717) is 12.3 Å². The van der Waals surface area contributed by atoms with E-state index in [1.165, 1.54) is 0 Å². The highest BCUT2D eigenvalue weighted by molar-refractivity contribution is 5.90. The van der Waals surface area contributed by atoms with E-state index in [-0.39, 0.29) is 18.1 Å². The van der Waals surface area contributed by atoms with E-state index in [4.69, 9.17) is 4.74 Å². The highest BCUT2D eigenvalue weighted by Crippen LogP contribution is 2.25. The number of nitrogens with one attached hydrogen (secondary N) is 2. The van der Waals surface area contributed by atoms with Gasteiger partial charge in [0.1, 0.15) is 11.9 Å². The van der Waals surface area contributed by atoms with Crippen LogP contribution >= 0.6 is 0 Å². The van der Waals surface area contributed by atoms with Crippen LogP contribution in [0.4, 0.5) is 5.69 Å². The van der Waals surface area contributed by atoms with Gasteiger partial charge in [-0.05, 0) is 75.4 Å². The zero-order valence-electron chi connectivity index (χ0n) is 14.2. The number of carbonyl (C=O) groups is 1. The van der Waals surface area contributed by atoms with Gasteiger partial charge in [0.2, 0.25) is 5.91 Å². The van der Waals surface area contributed by atoms with Gasteiger partial charge in [-0.25, -0.2) is 0 Å². The van der Waals surface area contributed by atoms with Gasteiger partial charge in [-0.2, -0.15) is 0 Å². The first-order valence-corrected chi connectivity index (χ1v) is 9.16. The Hall–Kier alpha value is -1.59. The third-order valence-corrected chi connectivity index (χ3v) is 5.03. The molecule has 132 valence electrons. The number of benzene rings is 1. The molecule has 5 nitrogen and oxygen atoms in total. The number of anilines is 1. The molecule has 24 heavy (non-hydrogen) atoms. The van der Waals surface area contributed by atoms with Gasteiger partial charge in [-0.15, -0.1) is 0 Å². The molecule has 0 aromatic heterocycles. The van der Waals surface area contributed by atoms with Crippen LogP contribution in [0.3, 0.4) is 0 Å². The van der Waals surface area contributed by atoms with Gasteiger partial charge in [0.25, 0.3) is 0 Å². The Morgan fingerprint density at radius 2 is 1.83 bits per heavy atom. The predicted molar refractivity (Wildman–Crippen MR) is 94.2 cm³/mol. The number of amides is 1. The van der Waals surface area contributed by atoms with Crippen molar-refractivity contribution >= 4 is 11.6 Å². The third-order valence-electron chi connectivity index (χ3n) is 5.03. The predicted octanol–water partition coefficient (Wildman–Crippen LogP) is 2.70. The summed E-state index contributed by atoms with van der Waals surface area (Å²) in [4.78, 5) is 12.1. The first kappa shape index (κ1) is 17.2. The van der Waals surface area contributed by atoms with Crippen molar-refractivity contribution in [1.82, 2.24) is 5.32 Å². The molecule has 1 aromatic rings. The van der Waals surface area contributed by atoms with Gasteiger partial charge in [-0.3, -0.25) is 4.79 Å². The number of ether oxygens (including phenoxy) is 1. The molecule has 3 N–H and O–H groups in total. The van der Waals surface area contributed by atoms with E-state index in [2.05, 4.69) is 10.6 Å². The maximum absolute atomic E-state index is 12.1. The Morgan fingerprint density at radius 1 is 1.12 bits per heavy atom. The largest absolute Gasteiger partial charge is 0.488 e. The topological polar surface area (TPSA) is 70.6 Å². The van der Waals surface area contributed by atoms with Crippen LogP contribution in [0.2, 0.25) is 0 Å². The number of aliphatic hydroxyl groups excluding tert-OH is 1. The minimum absolute atomic E-state index is 0.0817. The maximum Gasteiger partial charge on any atom is 0.224 e. The Balaban J connectivity index is 1.47. The lowest BCUT2D eigenvalue weighted by Gasteiger charge is -2.28. The van der Waals surface area contributed by atoms with Crippen LogP contribution in [0.1, 0.15) is 44.9 Å². The van der Waals surface area contributed by atoms with Crippen LogP contribution in [0, 0.1) is 5.92 Å². The first-order chi connectivity index (χ1) is 11.7. The maximum atomic E-state index is 12.1. The minimum atomic E-state index is -0.372. The zero-order valence-corrected chi connectivity index (χ0v) is 14.2. The van der Waals surface area contributed by atoms with Gasteiger partial charge < -0.3 is 20.5 Å². The summed E-state index contributed by atoms with van der Waals surface area (Å²) in [5.41, 5.74) is 0.797. The quantitative estimate of drug-likeness (QED) is 0.775. The summed E-state index contributed by atoms with van der Waals surface area (Å²) in [5, 5.41) is 16.3. The lowest BCUT2D eigenvalue weighted by Crippen LogP contribution is -2.34. The summed E-state index contributed by atoms with van der Waals surface area (Å²) < 4.78 is 5.88. The van der Waals surface area contributed by atoms with Crippen molar-refractivity contribution in [3.05, 3.63) is 24.3 Å². The smallest absolute Gasteiger partial charge is 0.224 e. The monoisotopic (exact) mass is 332 g/mol. The molecular formula is C19H28N2O3. The Labute approximate surface area is 143 Å². The second kappa shape index (κ2) is 8.49. The number of carbonyl (C=O) groups excluding carboxylic acids is 1. The standard InChI is InChI=1S/C19H28N2O3/c22-17-3-1-2-4-18(17)24-16-7-5-15(6-8-16)21-19(23)13-14-9-11-20-12-10-14/h5-8,14,17-18,20,22H,1-4,9-13H2,(H,21,23). The molecule has 1 aromatic carbocycles. The molecule has 1 saturated heterocycles. The minimum Gasteiger partial charge on any atom is -0.488 e. The van der Waals surface area contributed by atoms with E-state index in [9.17, 15) is 9.90 Å². The van der Waals surface area contributed by atoms with E-state index in [0.717, 1.165) is 63.1 Å². The van der Waals surface area contributed by atoms with Crippen LogP contribution < -0.4 is 15.4 Å². The van der Waals surface area contributed by atoms with Crippen molar-refractivity contribution in [1.29, 1.82) is 0 Å². The average Bonchev–Trinajstić information content (AvgIpc) is 2.59. The zero-order chi connectivity index (χ0) is 16.8. The SMILES string of the molecule is O=C(CC1CCNCC1)Nc1ccc(OC2CCCCC2O)cc1. The van der Waals surface area contributed by atoms with Gasteiger partial charge in [0.05, 0.1) is 6.10 Å². The summed E-state index contributed by atoms with van der Waals surface area (Å²) in [5.74, 6) is 1.32. The van der Waals surface area contributed by atoms with Gasteiger partial charge >= 0.3 is 0 Å². The van der Waals surface area contributed by atoms with Gasteiger partial charge in [0.15, 0.2) is 0 Å². The third kappa shape index (κ3) is 4.95. The van der Waals surface area contributed by atoms with Crippen LogP contribution in [0.15, 0.2) is 24.3 Å². The molecule has 0 spiro atoms. The molecule has 2 atom stereocenters. The van der Waals surface area contributed by atoms with Gasteiger partial charge in [0, 0.05) is 12.1 Å². The van der Waals surface area contributed by atoms with Crippen molar-refractivity contribution in [2.75, 3.05) is 18.4 Å². The van der Waals surface area contributed by atoms with Crippen molar-refractivity contribution in [2.24, 2.45) is 5.92 Å². The fraction of sp³-hybridized carbons (Fsp3) is 0.632. The van der Waals surface area contributed by atoms with E-state index in [1.54, 1.807) is 0 Å². The fourth-order valence-corrected chi connectivity index (χ4v) is 3.57. The molecule has 5 heteroatoms. The summed E-state index contributed by atoms with van der Waals surface area (Å²) in [6.07, 6.45) is 6.14. The molecule has 0 bridgehead atoms. The summed E-state index contributed by atoms with van der Waals surface area (Å²) in [6, 6.07) is 7.46. The van der Waals surface area contributed by atoms with Crippen molar-refractivity contribution in [2.45, 2.75) is 57.2 Å². The molecule has 2 unspecified atom stereocenters. The second-order valence-electron chi connectivity index (χ2n) is 6.98. The first-order valence-electron chi connectivity index (χ1n) is 9.16. The van der Waals surface area contributed by atoms with E-state index in [1.807, 2.05) is 24.3 Å². The van der Waals surface area contributed by atoms with E-state index < -0.39 is 0 Å². The summed E-state index contributed by atoms with van der Waals surface area (Å²) >= 11 is 0. The highest BCUT2D eigenvalue weighted by atomic mass is 16.5. The van der Waals surface area contributed by atoms with Crippen LogP contribution in [0.5, 0.6) is 5.75 Å². The molecule has 1 aliphatic heterocycles. The molecule has 2 aliphatic rings. The summed E-state index contributed by atoms with van der Waals surface area (Å²) in [7, 11) is 0. The normalized spacial score (nSPS) is 25.2. The van der Waals surface area contributed by atoms with Crippen LogP contribution in [0.25, 0.3) is 0 Å². The number of hydrogen-bond donors (Lipinski definition) is 3. The number of rotatable bonds is 5. The van der Waals surface area contributed by atoms with Crippen molar-refractivity contribution in [3.63, 3.8) is 0 Å². The van der Waals surface area contributed by atoms with Crippen molar-refractivity contribution in [3.8, 4) is 5.75 Å².